The zero-order valence-electron chi connectivity index (χ0n) is 12.4. The molecule has 0 aliphatic carbocycles. The van der Waals surface area contributed by atoms with Crippen LogP contribution in [0.5, 0.6) is 0 Å². The van der Waals surface area contributed by atoms with Crippen molar-refractivity contribution in [3.63, 3.8) is 0 Å². The summed E-state index contributed by atoms with van der Waals surface area (Å²) in [6, 6.07) is 0.905. The van der Waals surface area contributed by atoms with Crippen molar-refractivity contribution in [2.24, 2.45) is 5.92 Å². The molecule has 0 saturated carbocycles. The smallest absolute Gasteiger partial charge is 0.303 e. The largest absolute Gasteiger partial charge is 0.481 e. The number of carbonyl (C=O) groups is 3. The van der Waals surface area contributed by atoms with Gasteiger partial charge in [-0.15, -0.1) is 0 Å². The number of carboxylic acid groups (broad SMARTS) is 1. The first-order valence-corrected chi connectivity index (χ1v) is 7.31. The minimum atomic E-state index is -0.800. The molecule has 2 amide bonds. The average molecular weight is 308 g/mol. The molecule has 7 heteroatoms. The molecule has 120 valence electrons. The maximum atomic E-state index is 12.3. The molecule has 1 fully saturated rings. The van der Waals surface area contributed by atoms with Gasteiger partial charge in [-0.05, 0) is 31.7 Å². The van der Waals surface area contributed by atoms with Crippen LogP contribution in [0.2, 0.25) is 0 Å². The lowest BCUT2D eigenvalue weighted by atomic mass is 9.93. The minimum Gasteiger partial charge on any atom is -0.481 e. The van der Waals surface area contributed by atoms with E-state index in [1.54, 1.807) is 11.8 Å². The van der Waals surface area contributed by atoms with E-state index < -0.39 is 12.0 Å². The van der Waals surface area contributed by atoms with Crippen LogP contribution < -0.4 is 5.32 Å². The Labute approximate surface area is 128 Å². The van der Waals surface area contributed by atoms with E-state index >= 15 is 0 Å². The quantitative estimate of drug-likeness (QED) is 0.849. The van der Waals surface area contributed by atoms with Crippen LogP contribution in [0.25, 0.3) is 0 Å². The zero-order valence-corrected chi connectivity index (χ0v) is 12.4. The normalized spacial score (nSPS) is 17.0. The Kier molecular flexibility index (Phi) is 5.19. The summed E-state index contributed by atoms with van der Waals surface area (Å²) in [6.07, 6.45) is 4.23. The second-order valence-electron chi connectivity index (χ2n) is 5.57. The highest BCUT2D eigenvalue weighted by Crippen LogP contribution is 2.20. The fraction of sp³-hybridized carbons (Fsp3) is 0.533. The molecule has 0 unspecified atom stereocenters. The van der Waals surface area contributed by atoms with Crippen molar-refractivity contribution in [2.45, 2.75) is 32.2 Å². The number of rotatable bonds is 5. The number of amides is 2. The van der Waals surface area contributed by atoms with Gasteiger partial charge in [0.1, 0.15) is 12.3 Å². The number of aliphatic carboxylic acids is 1. The SMILES string of the molecule is C[C@H](NC(=O)c1ccoc1)C(=O)N1CCC(CC(=O)O)CC1. The second kappa shape index (κ2) is 7.11. The first-order valence-electron chi connectivity index (χ1n) is 7.31. The number of hydrogen-bond donors (Lipinski definition) is 2. The maximum absolute atomic E-state index is 12.3. The third kappa shape index (κ3) is 4.09. The lowest BCUT2D eigenvalue weighted by Crippen LogP contribution is -2.49. The molecule has 2 rings (SSSR count). The fourth-order valence-corrected chi connectivity index (χ4v) is 2.61. The van der Waals surface area contributed by atoms with Crippen LogP contribution in [0, 0.1) is 5.92 Å². The summed E-state index contributed by atoms with van der Waals surface area (Å²) in [7, 11) is 0. The lowest BCUT2D eigenvalue weighted by Gasteiger charge is -2.33. The molecule has 1 saturated heterocycles. The minimum absolute atomic E-state index is 0.123. The maximum Gasteiger partial charge on any atom is 0.303 e. The highest BCUT2D eigenvalue weighted by Gasteiger charge is 2.27. The Balaban J connectivity index is 1.82. The van der Waals surface area contributed by atoms with Gasteiger partial charge in [0, 0.05) is 19.5 Å². The van der Waals surface area contributed by atoms with Gasteiger partial charge in [-0.1, -0.05) is 0 Å². The molecule has 1 aliphatic heterocycles. The van der Waals surface area contributed by atoms with Crippen LogP contribution in [0.1, 0.15) is 36.5 Å². The fourth-order valence-electron chi connectivity index (χ4n) is 2.61. The number of likely N-dealkylation sites (tertiary alicyclic amines) is 1. The number of piperidine rings is 1. The van der Waals surface area contributed by atoms with Gasteiger partial charge in [0.15, 0.2) is 0 Å². The summed E-state index contributed by atoms with van der Waals surface area (Å²) in [6.45, 7) is 2.70. The van der Waals surface area contributed by atoms with E-state index in [0.29, 0.717) is 31.5 Å². The average Bonchev–Trinajstić information content (AvgIpc) is 3.01. The molecule has 0 bridgehead atoms. The summed E-state index contributed by atoms with van der Waals surface area (Å²) in [4.78, 5) is 36.5. The molecule has 0 radical (unpaired) electrons. The highest BCUT2D eigenvalue weighted by molar-refractivity contribution is 5.97. The second-order valence-corrected chi connectivity index (χ2v) is 5.57. The van der Waals surface area contributed by atoms with Crippen molar-refractivity contribution >= 4 is 17.8 Å². The van der Waals surface area contributed by atoms with Gasteiger partial charge in [0.05, 0.1) is 11.8 Å². The molecular weight excluding hydrogens is 288 g/mol. The zero-order chi connectivity index (χ0) is 16.1. The Morgan fingerprint density at radius 3 is 2.64 bits per heavy atom. The molecule has 1 atom stereocenters. The van der Waals surface area contributed by atoms with Crippen LogP contribution in [0.15, 0.2) is 23.0 Å². The third-order valence-corrected chi connectivity index (χ3v) is 3.89. The summed E-state index contributed by atoms with van der Waals surface area (Å²) in [5, 5.41) is 11.4. The van der Waals surface area contributed by atoms with Gasteiger partial charge in [-0.2, -0.15) is 0 Å². The molecular formula is C15H20N2O5. The van der Waals surface area contributed by atoms with E-state index in [1.165, 1.54) is 18.6 Å². The number of nitrogens with zero attached hydrogens (tertiary/aromatic N) is 1. The van der Waals surface area contributed by atoms with Crippen LogP contribution in [-0.4, -0.2) is 46.9 Å². The summed E-state index contributed by atoms with van der Waals surface area (Å²) >= 11 is 0. The van der Waals surface area contributed by atoms with E-state index in [0.717, 1.165) is 0 Å². The molecule has 2 N–H and O–H groups in total. The predicted molar refractivity (Wildman–Crippen MR) is 77.2 cm³/mol. The molecule has 1 aromatic rings. The van der Waals surface area contributed by atoms with E-state index in [4.69, 9.17) is 9.52 Å². The van der Waals surface area contributed by atoms with E-state index in [9.17, 15) is 14.4 Å². The van der Waals surface area contributed by atoms with Gasteiger partial charge in [0.2, 0.25) is 5.91 Å². The van der Waals surface area contributed by atoms with Gasteiger partial charge < -0.3 is 19.7 Å². The van der Waals surface area contributed by atoms with Crippen molar-refractivity contribution in [1.29, 1.82) is 0 Å². The van der Waals surface area contributed by atoms with E-state index in [-0.39, 0.29) is 24.2 Å². The first-order chi connectivity index (χ1) is 10.5. The Bertz CT molecular complexity index is 532. The number of furan rings is 1. The summed E-state index contributed by atoms with van der Waals surface area (Å²) in [5.74, 6) is -1.18. The highest BCUT2D eigenvalue weighted by atomic mass is 16.4. The Morgan fingerprint density at radius 1 is 1.41 bits per heavy atom. The number of nitrogens with one attached hydrogen (secondary N) is 1. The molecule has 0 spiro atoms. The van der Waals surface area contributed by atoms with Crippen molar-refractivity contribution < 1.29 is 23.9 Å². The molecule has 1 aromatic heterocycles. The molecule has 2 heterocycles. The Hall–Kier alpha value is -2.31. The monoisotopic (exact) mass is 308 g/mol. The van der Waals surface area contributed by atoms with Crippen LogP contribution in [0.3, 0.4) is 0 Å². The molecule has 1 aliphatic rings. The Morgan fingerprint density at radius 2 is 2.09 bits per heavy atom. The van der Waals surface area contributed by atoms with Crippen molar-refractivity contribution in [3.05, 3.63) is 24.2 Å². The number of hydrogen-bond acceptors (Lipinski definition) is 4. The molecule has 7 nitrogen and oxygen atoms in total. The van der Waals surface area contributed by atoms with Crippen molar-refractivity contribution in [3.8, 4) is 0 Å². The van der Waals surface area contributed by atoms with Gasteiger partial charge >= 0.3 is 5.97 Å². The number of carboxylic acids is 1. The third-order valence-electron chi connectivity index (χ3n) is 3.89. The van der Waals surface area contributed by atoms with E-state index in [2.05, 4.69) is 5.32 Å². The van der Waals surface area contributed by atoms with Gasteiger partial charge in [-0.3, -0.25) is 14.4 Å². The summed E-state index contributed by atoms with van der Waals surface area (Å²) in [5.41, 5.74) is 0.375. The summed E-state index contributed by atoms with van der Waals surface area (Å²) < 4.78 is 4.83. The predicted octanol–water partition coefficient (Wildman–Crippen LogP) is 1.11. The van der Waals surface area contributed by atoms with Crippen molar-refractivity contribution in [2.75, 3.05) is 13.1 Å². The van der Waals surface area contributed by atoms with Gasteiger partial charge in [0.25, 0.3) is 5.91 Å². The van der Waals surface area contributed by atoms with Crippen molar-refractivity contribution in [1.82, 2.24) is 10.2 Å². The van der Waals surface area contributed by atoms with Crippen LogP contribution in [-0.2, 0) is 9.59 Å². The molecule has 22 heavy (non-hydrogen) atoms. The van der Waals surface area contributed by atoms with Crippen LogP contribution >= 0.6 is 0 Å². The molecule has 0 aromatic carbocycles. The topological polar surface area (TPSA) is 99.9 Å². The van der Waals surface area contributed by atoms with E-state index in [1.807, 2.05) is 0 Å². The number of carbonyl (C=O) groups excluding carboxylic acids is 2. The lowest BCUT2D eigenvalue weighted by molar-refractivity contribution is -0.139. The van der Waals surface area contributed by atoms with Crippen LogP contribution in [0.4, 0.5) is 0 Å². The standard InChI is InChI=1S/C15H20N2O5/c1-10(16-14(20)12-4-7-22-9-12)15(21)17-5-2-11(3-6-17)8-13(18)19/h4,7,9-11H,2-3,5-6,8H2,1H3,(H,16,20)(H,18,19)/t10-/m0/s1. The van der Waals surface area contributed by atoms with Gasteiger partial charge in [-0.25, -0.2) is 0 Å². The first kappa shape index (κ1) is 16.1.